The number of nitrogens with two attached hydrogens (primary N) is 1. The number of amides is 1. The van der Waals surface area contributed by atoms with E-state index in [-0.39, 0.29) is 13.1 Å². The fourth-order valence-corrected chi connectivity index (χ4v) is 1.45. The van der Waals surface area contributed by atoms with E-state index in [9.17, 15) is 9.90 Å². The van der Waals surface area contributed by atoms with Crippen LogP contribution in [0.4, 0.5) is 0 Å². The number of benzene rings is 1. The maximum atomic E-state index is 10.4. The van der Waals surface area contributed by atoms with Crippen molar-refractivity contribution in [2.24, 2.45) is 5.73 Å². The van der Waals surface area contributed by atoms with Crippen LogP contribution in [0.15, 0.2) is 24.3 Å². The van der Waals surface area contributed by atoms with Gasteiger partial charge in [0.1, 0.15) is 0 Å². The Balaban J connectivity index is 2.50. The van der Waals surface area contributed by atoms with Crippen molar-refractivity contribution in [1.82, 2.24) is 5.32 Å². The van der Waals surface area contributed by atoms with Gasteiger partial charge in [-0.1, -0.05) is 29.8 Å². The van der Waals surface area contributed by atoms with Gasteiger partial charge in [0.2, 0.25) is 5.91 Å². The normalized spacial score (nSPS) is 12.4. The molecule has 0 saturated carbocycles. The maximum Gasteiger partial charge on any atom is 0.231 e. The van der Waals surface area contributed by atoms with E-state index in [0.29, 0.717) is 10.6 Å². The van der Waals surface area contributed by atoms with Crippen LogP contribution in [-0.2, 0) is 4.79 Å². The summed E-state index contributed by atoms with van der Waals surface area (Å²) in [6.45, 7) is 0.286. The van der Waals surface area contributed by atoms with Gasteiger partial charge in [-0.15, -0.1) is 0 Å². The highest BCUT2D eigenvalue weighted by Gasteiger charge is 2.10. The third-order valence-corrected chi connectivity index (χ3v) is 2.25. The predicted octanol–water partition coefficient (Wildman–Crippen LogP) is 0.448. The Kier molecular flexibility index (Phi) is 4.55. The minimum Gasteiger partial charge on any atom is -0.387 e. The van der Waals surface area contributed by atoms with E-state index in [4.69, 9.17) is 17.3 Å². The third-order valence-electron chi connectivity index (χ3n) is 1.90. The summed E-state index contributed by atoms with van der Waals surface area (Å²) in [5.74, 6) is -0.457. The van der Waals surface area contributed by atoms with Crippen molar-refractivity contribution in [2.45, 2.75) is 6.10 Å². The molecule has 5 heteroatoms. The van der Waals surface area contributed by atoms with Crippen molar-refractivity contribution >= 4 is 17.5 Å². The number of hydrogen-bond acceptors (Lipinski definition) is 3. The van der Waals surface area contributed by atoms with Crippen molar-refractivity contribution in [3.05, 3.63) is 34.9 Å². The standard InChI is InChI=1S/C10H13ClN2O2/c11-8-4-2-1-3-7(8)9(14)5-13-6-10(12)15/h1-4,9,13-14H,5-6H2,(H2,12,15). The predicted molar refractivity (Wildman–Crippen MR) is 58.5 cm³/mol. The first kappa shape index (κ1) is 12.0. The fraction of sp³-hybridized carbons (Fsp3) is 0.300. The highest BCUT2D eigenvalue weighted by molar-refractivity contribution is 6.31. The van der Waals surface area contributed by atoms with E-state index in [2.05, 4.69) is 5.32 Å². The van der Waals surface area contributed by atoms with Crippen molar-refractivity contribution in [2.75, 3.05) is 13.1 Å². The third kappa shape index (κ3) is 3.87. The summed E-state index contributed by atoms with van der Waals surface area (Å²) in [4.78, 5) is 10.4. The average Bonchev–Trinajstić information content (AvgIpc) is 2.17. The lowest BCUT2D eigenvalue weighted by Gasteiger charge is -2.12. The summed E-state index contributed by atoms with van der Waals surface area (Å²) in [7, 11) is 0. The molecule has 1 aromatic carbocycles. The quantitative estimate of drug-likeness (QED) is 0.685. The summed E-state index contributed by atoms with van der Waals surface area (Å²) in [5.41, 5.74) is 5.57. The molecule has 4 nitrogen and oxygen atoms in total. The van der Waals surface area contributed by atoms with Crippen molar-refractivity contribution < 1.29 is 9.90 Å². The van der Waals surface area contributed by atoms with Gasteiger partial charge in [-0.25, -0.2) is 0 Å². The van der Waals surface area contributed by atoms with Gasteiger partial charge in [0.15, 0.2) is 0 Å². The molecule has 4 N–H and O–H groups in total. The fourth-order valence-electron chi connectivity index (χ4n) is 1.19. The highest BCUT2D eigenvalue weighted by Crippen LogP contribution is 2.21. The zero-order valence-electron chi connectivity index (χ0n) is 8.11. The average molecular weight is 229 g/mol. The molecule has 0 saturated heterocycles. The Morgan fingerprint density at radius 3 is 2.80 bits per heavy atom. The molecular weight excluding hydrogens is 216 g/mol. The van der Waals surface area contributed by atoms with E-state index in [1.807, 2.05) is 0 Å². The summed E-state index contributed by atoms with van der Waals surface area (Å²) in [5, 5.41) is 12.9. The Morgan fingerprint density at radius 1 is 1.53 bits per heavy atom. The lowest BCUT2D eigenvalue weighted by molar-refractivity contribution is -0.117. The molecule has 1 aromatic rings. The molecule has 0 aromatic heterocycles. The van der Waals surface area contributed by atoms with Gasteiger partial charge in [-0.05, 0) is 6.07 Å². The van der Waals surface area contributed by atoms with Crippen LogP contribution in [0.1, 0.15) is 11.7 Å². The number of aliphatic hydroxyl groups excluding tert-OH is 1. The van der Waals surface area contributed by atoms with Crippen LogP contribution in [0.5, 0.6) is 0 Å². The molecule has 0 heterocycles. The first-order valence-corrected chi connectivity index (χ1v) is 4.90. The van der Waals surface area contributed by atoms with Crippen LogP contribution >= 0.6 is 11.6 Å². The maximum absolute atomic E-state index is 10.4. The van der Waals surface area contributed by atoms with E-state index in [0.717, 1.165) is 0 Å². The van der Waals surface area contributed by atoms with Gasteiger partial charge >= 0.3 is 0 Å². The number of hydrogen-bond donors (Lipinski definition) is 3. The molecule has 0 fully saturated rings. The number of aliphatic hydroxyl groups is 1. The first-order valence-electron chi connectivity index (χ1n) is 4.52. The molecule has 0 aliphatic rings. The monoisotopic (exact) mass is 228 g/mol. The largest absolute Gasteiger partial charge is 0.387 e. The number of halogens is 1. The Bertz CT molecular complexity index is 344. The van der Waals surface area contributed by atoms with Crippen LogP contribution in [0.2, 0.25) is 5.02 Å². The molecule has 1 unspecified atom stereocenters. The number of primary amides is 1. The second kappa shape index (κ2) is 5.70. The topological polar surface area (TPSA) is 75.4 Å². The number of nitrogens with one attached hydrogen (secondary N) is 1. The second-order valence-electron chi connectivity index (χ2n) is 3.13. The van der Waals surface area contributed by atoms with Gasteiger partial charge in [0, 0.05) is 17.1 Å². The molecule has 0 aliphatic carbocycles. The van der Waals surface area contributed by atoms with Crippen molar-refractivity contribution in [3.63, 3.8) is 0 Å². The van der Waals surface area contributed by atoms with E-state index >= 15 is 0 Å². The van der Waals surface area contributed by atoms with Gasteiger partial charge in [0.05, 0.1) is 12.6 Å². The molecule has 0 aliphatic heterocycles. The molecule has 0 bridgehead atoms. The molecule has 1 atom stereocenters. The number of rotatable bonds is 5. The molecule has 82 valence electrons. The summed E-state index contributed by atoms with van der Waals surface area (Å²) >= 11 is 5.88. The lowest BCUT2D eigenvalue weighted by atomic mass is 10.1. The second-order valence-corrected chi connectivity index (χ2v) is 3.54. The molecule has 1 amide bonds. The molecule has 15 heavy (non-hydrogen) atoms. The van der Waals surface area contributed by atoms with Crippen molar-refractivity contribution in [3.8, 4) is 0 Å². The van der Waals surface area contributed by atoms with Crippen LogP contribution in [0.25, 0.3) is 0 Å². The first-order chi connectivity index (χ1) is 7.11. The molecule has 0 radical (unpaired) electrons. The molecular formula is C10H13ClN2O2. The summed E-state index contributed by atoms with van der Waals surface area (Å²) in [6.07, 6.45) is -0.738. The summed E-state index contributed by atoms with van der Waals surface area (Å²) < 4.78 is 0. The Morgan fingerprint density at radius 2 is 2.20 bits per heavy atom. The van der Waals surface area contributed by atoms with Gasteiger partial charge in [-0.3, -0.25) is 4.79 Å². The minimum atomic E-state index is -0.738. The molecule has 1 rings (SSSR count). The smallest absolute Gasteiger partial charge is 0.231 e. The minimum absolute atomic E-state index is 0.0432. The van der Waals surface area contributed by atoms with E-state index < -0.39 is 12.0 Å². The van der Waals surface area contributed by atoms with Crippen LogP contribution in [0, 0.1) is 0 Å². The molecule has 0 spiro atoms. The van der Waals surface area contributed by atoms with Gasteiger partial charge in [-0.2, -0.15) is 0 Å². The Hall–Kier alpha value is -1.10. The number of carbonyl (C=O) groups excluding carboxylic acids is 1. The van der Waals surface area contributed by atoms with Crippen LogP contribution < -0.4 is 11.1 Å². The lowest BCUT2D eigenvalue weighted by Crippen LogP contribution is -2.31. The Labute approximate surface area is 93.0 Å². The van der Waals surface area contributed by atoms with Crippen molar-refractivity contribution in [1.29, 1.82) is 0 Å². The van der Waals surface area contributed by atoms with Gasteiger partial charge in [0.25, 0.3) is 0 Å². The van der Waals surface area contributed by atoms with Crippen LogP contribution in [-0.4, -0.2) is 24.1 Å². The van der Waals surface area contributed by atoms with E-state index in [1.165, 1.54) is 0 Å². The zero-order valence-corrected chi connectivity index (χ0v) is 8.87. The summed E-state index contributed by atoms with van der Waals surface area (Å²) in [6, 6.07) is 7.01. The van der Waals surface area contributed by atoms with Gasteiger partial charge < -0.3 is 16.2 Å². The number of carbonyl (C=O) groups is 1. The van der Waals surface area contributed by atoms with Crippen LogP contribution in [0.3, 0.4) is 0 Å². The highest BCUT2D eigenvalue weighted by atomic mass is 35.5. The van der Waals surface area contributed by atoms with E-state index in [1.54, 1.807) is 24.3 Å². The SMILES string of the molecule is NC(=O)CNCC(O)c1ccccc1Cl. The zero-order chi connectivity index (χ0) is 11.3.